The summed E-state index contributed by atoms with van der Waals surface area (Å²) in [5.41, 5.74) is 10.2. The predicted molar refractivity (Wildman–Crippen MR) is 384 cm³/mol. The number of aryl methyl sites for hydroxylation is 4. The van der Waals surface area contributed by atoms with Crippen LogP contribution in [0.3, 0.4) is 0 Å². The Balaban J connectivity index is 0.0000110. The van der Waals surface area contributed by atoms with Crippen molar-refractivity contribution >= 4 is 69.4 Å². The Kier molecular flexibility index (Phi) is 26.7. The molecule has 1 N–H and O–H groups in total. The fraction of sp³-hybridized carbons (Fsp3) is 0.361. The number of nitrogens with zero attached hydrogens (tertiary/aromatic N) is 5. The van der Waals surface area contributed by atoms with E-state index in [-0.39, 0.29) is 36.3 Å². The number of hydrogen-bond acceptors (Lipinski definition) is 6. The van der Waals surface area contributed by atoms with Gasteiger partial charge in [0.15, 0.2) is 23.3 Å². The average Bonchev–Trinajstić information content (AvgIpc) is 1.54. The molecule has 9 nitrogen and oxygen atoms in total. The van der Waals surface area contributed by atoms with Crippen molar-refractivity contribution in [3.8, 4) is 45.6 Å². The molecule has 5 aromatic carbocycles. The zero-order valence-electron chi connectivity index (χ0n) is 57.3. The first-order chi connectivity index (χ1) is 46.8. The first-order valence-electron chi connectivity index (χ1n) is 34.9. The molecule has 5 heterocycles. The summed E-state index contributed by atoms with van der Waals surface area (Å²) in [6.45, 7) is 13.9. The number of carboxylic acids is 1. The summed E-state index contributed by atoms with van der Waals surface area (Å²) in [4.78, 5) is 36.2. The van der Waals surface area contributed by atoms with Gasteiger partial charge < -0.3 is 29.4 Å². The Bertz CT molecular complexity index is 4180. The number of unbranched alkanes of at least 4 members (excludes halogenated alkanes) is 16. The summed E-state index contributed by atoms with van der Waals surface area (Å²) in [6.07, 6.45) is 31.7. The number of hydrogen-bond donors (Lipinski definition) is 1. The van der Waals surface area contributed by atoms with Gasteiger partial charge >= 0.3 is 25.4 Å². The smallest absolute Gasteiger partial charge is 0.656 e. The van der Waals surface area contributed by atoms with Crippen LogP contribution in [0, 0.1) is 49.0 Å². The Morgan fingerprint density at radius 1 is 0.443 bits per heavy atom. The summed E-state index contributed by atoms with van der Waals surface area (Å²) < 4.78 is 76.4. The zero-order chi connectivity index (χ0) is 67.5. The van der Waals surface area contributed by atoms with Crippen molar-refractivity contribution in [1.29, 1.82) is 0 Å². The van der Waals surface area contributed by atoms with Crippen molar-refractivity contribution in [2.45, 2.75) is 183 Å². The number of benzene rings is 5. The second kappa shape index (κ2) is 35.6. The summed E-state index contributed by atoms with van der Waals surface area (Å²) in [5.74, 6) is -3.81. The van der Waals surface area contributed by atoms with Gasteiger partial charge in [-0.2, -0.15) is 0 Å². The minimum absolute atomic E-state index is 0. The first kappa shape index (κ1) is 72.7. The van der Waals surface area contributed by atoms with Crippen LogP contribution in [-0.4, -0.2) is 34.3 Å². The number of aromatic nitrogens is 4. The summed E-state index contributed by atoms with van der Waals surface area (Å²) in [5, 5.41) is 9.58. The fourth-order valence-corrected chi connectivity index (χ4v) is 12.8. The summed E-state index contributed by atoms with van der Waals surface area (Å²) >= 11 is 0. The third kappa shape index (κ3) is 17.6. The number of rotatable bonds is 32. The van der Waals surface area contributed by atoms with E-state index in [1.54, 1.807) is 12.1 Å². The average molecular weight is 1360 g/mol. The van der Waals surface area contributed by atoms with Crippen molar-refractivity contribution < 1.29 is 56.4 Å². The van der Waals surface area contributed by atoms with Crippen LogP contribution in [0.4, 0.5) is 34.6 Å². The molecule has 2 aliphatic rings. The molecule has 0 amide bonds. The molecule has 8 bridgehead atoms. The van der Waals surface area contributed by atoms with Gasteiger partial charge in [0.25, 0.3) is 0 Å². The van der Waals surface area contributed by atoms with E-state index in [1.807, 2.05) is 86.7 Å². The molecule has 0 fully saturated rings. The molecule has 3 aromatic heterocycles. The number of aromatic carboxylic acids is 1. The number of carbonyl (C=O) groups is 1. The molecule has 0 spiro atoms. The van der Waals surface area contributed by atoms with Crippen molar-refractivity contribution in [3.05, 3.63) is 194 Å². The van der Waals surface area contributed by atoms with Crippen molar-refractivity contribution in [1.82, 2.24) is 19.9 Å². The maximum absolute atomic E-state index is 16.0. The third-order valence-electron chi connectivity index (χ3n) is 18.1. The van der Waals surface area contributed by atoms with E-state index < -0.39 is 40.4 Å². The maximum Gasteiger partial charge on any atom is 2.00 e. The van der Waals surface area contributed by atoms with Crippen molar-refractivity contribution in [2.75, 3.05) is 18.1 Å². The van der Waals surface area contributed by atoms with Crippen LogP contribution >= 0.6 is 0 Å². The largest absolute Gasteiger partial charge is 2.00 e. The molecule has 0 unspecified atom stereocenters. The van der Waals surface area contributed by atoms with E-state index >= 15 is 17.6 Å². The maximum atomic E-state index is 16.0. The molecule has 0 aliphatic carbocycles. The Morgan fingerprint density at radius 3 is 1.31 bits per heavy atom. The first-order valence-corrected chi connectivity index (χ1v) is 34.9. The molecule has 10 rings (SSSR count). The third-order valence-corrected chi connectivity index (χ3v) is 18.1. The van der Waals surface area contributed by atoms with E-state index in [0.717, 1.165) is 142 Å². The number of anilines is 3. The molecule has 8 aromatic rings. The van der Waals surface area contributed by atoms with Crippen LogP contribution in [0.1, 0.15) is 223 Å². The summed E-state index contributed by atoms with van der Waals surface area (Å²) in [6, 6.07) is 37.2. The Hall–Kier alpha value is -8.53. The van der Waals surface area contributed by atoms with Gasteiger partial charge in [-0.25, -0.2) is 32.3 Å². The van der Waals surface area contributed by atoms with E-state index in [2.05, 4.69) is 93.0 Å². The topological polar surface area (TPSA) is 113 Å². The molecular formula is C83H89F4N5O4Zn. The fourth-order valence-electron chi connectivity index (χ4n) is 12.8. The van der Waals surface area contributed by atoms with Crippen molar-refractivity contribution in [2.24, 2.45) is 0 Å². The Morgan fingerprint density at radius 2 is 0.835 bits per heavy atom. The normalized spacial score (nSPS) is 11.6. The van der Waals surface area contributed by atoms with E-state index in [1.165, 1.54) is 49.7 Å². The van der Waals surface area contributed by atoms with Crippen LogP contribution in [0.15, 0.2) is 109 Å². The molecule has 0 saturated heterocycles. The number of carboxylic acid groups (broad SMARTS) is 1. The van der Waals surface area contributed by atoms with Gasteiger partial charge in [-0.3, -0.25) is 0 Å². The van der Waals surface area contributed by atoms with Gasteiger partial charge in [0.2, 0.25) is 0 Å². The zero-order valence-corrected chi connectivity index (χ0v) is 60.3. The van der Waals surface area contributed by atoms with E-state index in [4.69, 9.17) is 29.4 Å². The second-order valence-electron chi connectivity index (χ2n) is 25.3. The quantitative estimate of drug-likeness (QED) is 0.0145. The van der Waals surface area contributed by atoms with Gasteiger partial charge in [-0.05, 0) is 146 Å². The minimum Gasteiger partial charge on any atom is -0.656 e. The standard InChI is InChI=1S/C83H90F4N5O4.Zn/c1-7-11-15-19-21-25-53-95-71-33-27-29-55(5)73(71)75-65-47-45-63(88-65)61(43-44-62-78(84)80(86)77(83(93)94)81(87)79(62)85)64-46-48-66(89-64)76(74-56(6)30-28-34-72(74)96-54-26-22-20-16-12-8-2)68-50-52-70(91-68)82(69-51-49-67(75)90-69)92(59-39-35-57(36-40-59)31-23-17-13-9-3)60-41-37-58(38-42-60)32-24-18-14-10-4;/h27-30,33-42,45-52H,7-26,31-32,53-54H2,1-6H3,(H2-,88,89,90,91,93,94);/q-1;+2/p-1. The van der Waals surface area contributed by atoms with Gasteiger partial charge in [0.05, 0.1) is 41.7 Å². The predicted octanol–water partition coefficient (Wildman–Crippen LogP) is 22.7. The second-order valence-corrected chi connectivity index (χ2v) is 25.3. The summed E-state index contributed by atoms with van der Waals surface area (Å²) in [7, 11) is 0. The van der Waals surface area contributed by atoms with Crippen LogP contribution in [0.5, 0.6) is 11.5 Å². The molecular weight excluding hydrogens is 1270 g/mol. The van der Waals surface area contributed by atoms with Gasteiger partial charge in [-0.1, -0.05) is 215 Å². The molecule has 0 radical (unpaired) electrons. The number of ether oxygens (including phenoxy) is 2. The number of fused-ring (bicyclic) bond motifs is 8. The van der Waals surface area contributed by atoms with Crippen LogP contribution < -0.4 is 24.3 Å². The van der Waals surface area contributed by atoms with Gasteiger partial charge in [-0.15, -0.1) is 22.1 Å². The molecule has 500 valence electrons. The molecule has 0 atom stereocenters. The Labute approximate surface area is 583 Å². The van der Waals surface area contributed by atoms with Crippen LogP contribution in [0.25, 0.3) is 68.6 Å². The number of halogens is 4. The monoisotopic (exact) mass is 1360 g/mol. The van der Waals surface area contributed by atoms with E-state index in [9.17, 15) is 9.90 Å². The van der Waals surface area contributed by atoms with Crippen LogP contribution in [-0.2, 0) is 32.3 Å². The SMILES string of the molecule is CCCCCCCCOc1cccc(C)c1-c1c2nc(c(N(c3ccc(CCCCCC)cc3)c3ccc(CCCCCC)cc3)c3ccc([n-]3)c(-c3c(C)cccc3OCCCCCCCC)c3nc(c(C#Cc4c(F)c(F)c(C(=O)O)c(F)c4F)c4ccc1[n-]4)C=C3)C=C2.[Zn+2]. The molecule has 2 aliphatic heterocycles. The molecule has 0 saturated carbocycles. The van der Waals surface area contributed by atoms with Gasteiger partial charge in [0, 0.05) is 28.1 Å². The van der Waals surface area contributed by atoms with E-state index in [0.29, 0.717) is 69.5 Å². The van der Waals surface area contributed by atoms with Crippen LogP contribution in [0.2, 0.25) is 0 Å². The minimum atomic E-state index is -2.18. The van der Waals surface area contributed by atoms with Crippen molar-refractivity contribution in [3.63, 3.8) is 0 Å². The molecule has 97 heavy (non-hydrogen) atoms. The van der Waals surface area contributed by atoms with Gasteiger partial charge in [0.1, 0.15) is 22.6 Å². The molecule has 14 heteroatoms.